The van der Waals surface area contributed by atoms with Crippen molar-refractivity contribution in [2.24, 2.45) is 0 Å². The van der Waals surface area contributed by atoms with Crippen molar-refractivity contribution in [1.29, 1.82) is 0 Å². The number of anilines is 1. The number of hydrogen-bond donors (Lipinski definition) is 0. The first kappa shape index (κ1) is 14.7. The molecule has 0 aliphatic carbocycles. The Labute approximate surface area is 133 Å². The molecule has 3 rings (SSSR count). The van der Waals surface area contributed by atoms with Crippen LogP contribution in [-0.4, -0.2) is 18.3 Å². The van der Waals surface area contributed by atoms with Crippen LogP contribution in [0.25, 0.3) is 0 Å². The van der Waals surface area contributed by atoms with Crippen molar-refractivity contribution in [3.05, 3.63) is 59.7 Å². The van der Waals surface area contributed by atoms with Gasteiger partial charge in [0.05, 0.1) is 12.8 Å². The fourth-order valence-corrected chi connectivity index (χ4v) is 3.33. The number of nitrogens with zero attached hydrogens (tertiary/aromatic N) is 1. The van der Waals surface area contributed by atoms with Crippen LogP contribution in [0.4, 0.5) is 10.5 Å². The Hall–Kier alpha value is -2.27. The maximum Gasteiger partial charge on any atom is 0.294 e. The second-order valence-electron chi connectivity index (χ2n) is 5.05. The van der Waals surface area contributed by atoms with Crippen LogP contribution in [0.1, 0.15) is 16.4 Å². The van der Waals surface area contributed by atoms with Gasteiger partial charge in [0.2, 0.25) is 0 Å². The van der Waals surface area contributed by atoms with Crippen molar-refractivity contribution in [2.75, 3.05) is 12.0 Å². The molecule has 2 amide bonds. The van der Waals surface area contributed by atoms with Gasteiger partial charge in [-0.2, -0.15) is 0 Å². The lowest BCUT2D eigenvalue weighted by molar-refractivity contribution is -0.117. The summed E-state index contributed by atoms with van der Waals surface area (Å²) in [6, 6.07) is 14.6. The van der Waals surface area contributed by atoms with Crippen molar-refractivity contribution in [1.82, 2.24) is 0 Å². The van der Waals surface area contributed by atoms with Crippen LogP contribution in [0, 0.1) is 6.92 Å². The average molecular weight is 313 g/mol. The molecule has 1 unspecified atom stereocenters. The lowest BCUT2D eigenvalue weighted by atomic mass is 10.1. The first-order chi connectivity index (χ1) is 10.6. The van der Waals surface area contributed by atoms with Crippen LogP contribution in [0.2, 0.25) is 0 Å². The van der Waals surface area contributed by atoms with E-state index in [0.29, 0.717) is 11.4 Å². The minimum Gasteiger partial charge on any atom is -0.497 e. The summed E-state index contributed by atoms with van der Waals surface area (Å²) in [4.78, 5) is 26.1. The zero-order chi connectivity index (χ0) is 15.7. The third kappa shape index (κ3) is 2.60. The number of imide groups is 1. The van der Waals surface area contributed by atoms with Gasteiger partial charge in [0.1, 0.15) is 11.0 Å². The monoisotopic (exact) mass is 313 g/mol. The van der Waals surface area contributed by atoms with Gasteiger partial charge in [-0.1, -0.05) is 29.8 Å². The Balaban J connectivity index is 1.89. The molecule has 112 valence electrons. The highest BCUT2D eigenvalue weighted by Crippen LogP contribution is 2.41. The molecule has 0 aromatic heterocycles. The van der Waals surface area contributed by atoms with Crippen molar-refractivity contribution in [3.63, 3.8) is 0 Å². The van der Waals surface area contributed by atoms with Gasteiger partial charge in [-0.3, -0.25) is 9.59 Å². The highest BCUT2D eigenvalue weighted by atomic mass is 32.2. The summed E-state index contributed by atoms with van der Waals surface area (Å²) in [7, 11) is 1.57. The summed E-state index contributed by atoms with van der Waals surface area (Å²) in [6.45, 7) is 1.99. The SMILES string of the molecule is COc1ccc(N2C(=O)SC(c3ccc(C)cc3)C2=O)cc1. The number of rotatable bonds is 3. The van der Waals surface area contributed by atoms with E-state index >= 15 is 0 Å². The van der Waals surface area contributed by atoms with E-state index in [1.807, 2.05) is 31.2 Å². The number of carbonyl (C=O) groups is 2. The standard InChI is InChI=1S/C17H15NO3S/c1-11-3-5-12(6-4-11)15-16(19)18(17(20)22-15)13-7-9-14(21-2)10-8-13/h3-10,15H,1-2H3. The summed E-state index contributed by atoms with van der Waals surface area (Å²) in [6.07, 6.45) is 0. The number of aryl methyl sites for hydroxylation is 1. The second kappa shape index (κ2) is 5.85. The molecule has 2 aromatic rings. The summed E-state index contributed by atoms with van der Waals surface area (Å²) in [5.74, 6) is 0.481. The number of thioether (sulfide) groups is 1. The van der Waals surface area contributed by atoms with Crippen LogP contribution in [-0.2, 0) is 4.79 Å². The molecule has 2 aromatic carbocycles. The van der Waals surface area contributed by atoms with Gasteiger partial charge >= 0.3 is 0 Å². The molecule has 1 fully saturated rings. The van der Waals surface area contributed by atoms with Gasteiger partial charge in [-0.05, 0) is 48.5 Å². The number of hydrogen-bond acceptors (Lipinski definition) is 4. The Kier molecular flexibility index (Phi) is 3.90. The van der Waals surface area contributed by atoms with E-state index < -0.39 is 5.25 Å². The Morgan fingerprint density at radius 3 is 2.23 bits per heavy atom. The topological polar surface area (TPSA) is 46.6 Å². The summed E-state index contributed by atoms with van der Waals surface area (Å²) >= 11 is 1.05. The molecule has 0 saturated carbocycles. The van der Waals surface area contributed by atoms with E-state index in [2.05, 4.69) is 0 Å². The van der Waals surface area contributed by atoms with Gasteiger partial charge in [0.15, 0.2) is 0 Å². The Bertz CT molecular complexity index is 710. The van der Waals surface area contributed by atoms with Crippen LogP contribution in [0.5, 0.6) is 5.75 Å². The van der Waals surface area contributed by atoms with E-state index in [1.165, 1.54) is 4.90 Å². The predicted molar refractivity (Wildman–Crippen MR) is 87.4 cm³/mol. The van der Waals surface area contributed by atoms with Crippen molar-refractivity contribution in [3.8, 4) is 5.75 Å². The highest BCUT2D eigenvalue weighted by Gasteiger charge is 2.41. The molecule has 1 heterocycles. The molecule has 5 heteroatoms. The molecular weight excluding hydrogens is 298 g/mol. The van der Waals surface area contributed by atoms with Gasteiger partial charge in [0.25, 0.3) is 11.1 Å². The number of amides is 2. The smallest absolute Gasteiger partial charge is 0.294 e. The minimum absolute atomic E-state index is 0.205. The number of carbonyl (C=O) groups excluding carboxylic acids is 2. The van der Waals surface area contributed by atoms with Crippen molar-refractivity contribution in [2.45, 2.75) is 12.2 Å². The number of ether oxygens (including phenoxy) is 1. The molecule has 22 heavy (non-hydrogen) atoms. The maximum atomic E-state index is 12.6. The van der Waals surface area contributed by atoms with E-state index in [-0.39, 0.29) is 11.1 Å². The number of methoxy groups -OCH3 is 1. The van der Waals surface area contributed by atoms with Gasteiger partial charge in [0, 0.05) is 0 Å². The van der Waals surface area contributed by atoms with E-state index in [4.69, 9.17) is 4.74 Å². The summed E-state index contributed by atoms with van der Waals surface area (Å²) < 4.78 is 5.09. The Morgan fingerprint density at radius 1 is 1.00 bits per heavy atom. The molecule has 1 atom stereocenters. The zero-order valence-electron chi connectivity index (χ0n) is 12.3. The maximum absolute atomic E-state index is 12.6. The molecule has 0 radical (unpaired) electrons. The molecule has 1 aliphatic heterocycles. The Morgan fingerprint density at radius 2 is 1.64 bits per heavy atom. The normalized spacial score (nSPS) is 17.9. The molecule has 4 nitrogen and oxygen atoms in total. The fraction of sp³-hybridized carbons (Fsp3) is 0.176. The highest BCUT2D eigenvalue weighted by molar-refractivity contribution is 8.15. The van der Waals surface area contributed by atoms with Crippen molar-refractivity contribution >= 4 is 28.6 Å². The lowest BCUT2D eigenvalue weighted by Gasteiger charge is -2.14. The summed E-state index contributed by atoms with van der Waals surface area (Å²) in [5.41, 5.74) is 2.54. The van der Waals surface area contributed by atoms with Crippen LogP contribution >= 0.6 is 11.8 Å². The molecule has 1 saturated heterocycles. The average Bonchev–Trinajstić information content (AvgIpc) is 2.83. The molecule has 0 spiro atoms. The first-order valence-corrected chi connectivity index (χ1v) is 7.73. The third-order valence-corrected chi connectivity index (χ3v) is 4.65. The van der Waals surface area contributed by atoms with Gasteiger partial charge < -0.3 is 4.74 Å². The molecule has 1 aliphatic rings. The van der Waals surface area contributed by atoms with Crippen molar-refractivity contribution < 1.29 is 14.3 Å². The number of benzene rings is 2. The molecule has 0 bridgehead atoms. The molecule has 0 N–H and O–H groups in total. The van der Waals surface area contributed by atoms with Crippen LogP contribution in [0.3, 0.4) is 0 Å². The van der Waals surface area contributed by atoms with E-state index in [9.17, 15) is 9.59 Å². The van der Waals surface area contributed by atoms with Gasteiger partial charge in [-0.25, -0.2) is 4.90 Å². The fourth-order valence-electron chi connectivity index (χ4n) is 2.33. The van der Waals surface area contributed by atoms with Crippen LogP contribution < -0.4 is 9.64 Å². The lowest BCUT2D eigenvalue weighted by Crippen LogP contribution is -2.29. The van der Waals surface area contributed by atoms with Gasteiger partial charge in [-0.15, -0.1) is 0 Å². The zero-order valence-corrected chi connectivity index (χ0v) is 13.1. The molecular formula is C17H15NO3S. The van der Waals surface area contributed by atoms with E-state index in [0.717, 1.165) is 22.9 Å². The minimum atomic E-state index is -0.477. The first-order valence-electron chi connectivity index (χ1n) is 6.85. The third-order valence-electron chi connectivity index (χ3n) is 3.56. The van der Waals surface area contributed by atoms with E-state index in [1.54, 1.807) is 31.4 Å². The second-order valence-corrected chi connectivity index (χ2v) is 6.10. The summed E-state index contributed by atoms with van der Waals surface area (Å²) in [5, 5.41) is -0.726. The predicted octanol–water partition coefficient (Wildman–Crippen LogP) is 3.94. The largest absolute Gasteiger partial charge is 0.497 e. The van der Waals surface area contributed by atoms with Crippen LogP contribution in [0.15, 0.2) is 48.5 Å². The quantitative estimate of drug-likeness (QED) is 0.861.